The minimum absolute atomic E-state index is 0. The van der Waals surface area contributed by atoms with Crippen molar-refractivity contribution in [2.45, 2.75) is 55.4 Å². The smallest absolute Gasteiger partial charge is 0.247 e. The van der Waals surface area contributed by atoms with Crippen molar-refractivity contribution in [3.63, 3.8) is 0 Å². The van der Waals surface area contributed by atoms with Gasteiger partial charge in [-0.05, 0) is 112 Å². The van der Waals surface area contributed by atoms with Crippen LogP contribution in [0.5, 0.6) is 0 Å². The van der Waals surface area contributed by atoms with E-state index in [1.807, 2.05) is 0 Å². The van der Waals surface area contributed by atoms with Gasteiger partial charge in [-0.1, -0.05) is 72.8 Å². The molecule has 2 nitrogen and oxygen atoms in total. The Hall–Kier alpha value is -3.65. The van der Waals surface area contributed by atoms with E-state index < -0.39 is 0 Å². The summed E-state index contributed by atoms with van der Waals surface area (Å²) in [6.45, 7) is 17.4. The predicted molar refractivity (Wildman–Crippen MR) is 172 cm³/mol. The van der Waals surface area contributed by atoms with Crippen LogP contribution in [0.15, 0.2) is 84.9 Å². The van der Waals surface area contributed by atoms with Gasteiger partial charge < -0.3 is 0 Å². The van der Waals surface area contributed by atoms with Gasteiger partial charge in [-0.25, -0.2) is 9.97 Å². The van der Waals surface area contributed by atoms with E-state index in [2.05, 4.69) is 140 Å². The Kier molecular flexibility index (Phi) is 9.22. The number of hydrogen-bond donors (Lipinski definition) is 0. The van der Waals surface area contributed by atoms with Gasteiger partial charge >= 0.3 is 20.1 Å². The molecule has 0 aliphatic rings. The third-order valence-corrected chi connectivity index (χ3v) is 8.64. The predicted octanol–water partition coefficient (Wildman–Crippen LogP) is 10.3. The van der Waals surface area contributed by atoms with Crippen LogP contribution in [-0.2, 0) is 20.1 Å². The molecule has 4 aromatic carbocycles. The fourth-order valence-corrected chi connectivity index (χ4v) is 5.48. The van der Waals surface area contributed by atoms with Crippen molar-refractivity contribution in [3.05, 3.63) is 129 Å². The van der Waals surface area contributed by atoms with Crippen molar-refractivity contribution in [3.8, 4) is 22.5 Å². The number of aryl methyl sites for hydroxylation is 4. The van der Waals surface area contributed by atoms with Gasteiger partial charge in [-0.3, -0.25) is 0 Å². The summed E-state index contributed by atoms with van der Waals surface area (Å²) >= 11 is 0. The summed E-state index contributed by atoms with van der Waals surface area (Å²) in [5.74, 6) is 0. The standard InChI is InChI=1S/2C19H19N.Ir/c2*1-12-8-7-10-17(13(12)2)19-15(4)14(3)16-9-5-6-11-18(16)20-19;/h2*5-11H,1-4H3;/q;;+2. The number of aromatic nitrogens is 2. The molecule has 0 aliphatic heterocycles. The molecule has 41 heavy (non-hydrogen) atoms. The molecule has 0 N–H and O–H groups in total. The number of rotatable bonds is 2. The molecule has 0 amide bonds. The SMILES string of the molecule is Cc1cccc(-c2nc3ccccc3c(C)c2C)c1C.Cc1cccc(-c2nc3ccccc3c(C)c2C)c1C.[Ir+2]. The number of fused-ring (bicyclic) bond motifs is 2. The Morgan fingerprint density at radius 1 is 0.366 bits per heavy atom. The van der Waals surface area contributed by atoms with Crippen LogP contribution in [0.4, 0.5) is 0 Å². The normalized spacial score (nSPS) is 10.7. The molecular formula is C38H38IrN2+2. The van der Waals surface area contributed by atoms with E-state index in [4.69, 9.17) is 9.97 Å². The van der Waals surface area contributed by atoms with Crippen LogP contribution in [0.25, 0.3) is 44.3 Å². The molecule has 2 aromatic heterocycles. The maximum absolute atomic E-state index is 4.91. The van der Waals surface area contributed by atoms with Crippen LogP contribution in [0.2, 0.25) is 0 Å². The fourth-order valence-electron chi connectivity index (χ4n) is 5.48. The van der Waals surface area contributed by atoms with Gasteiger partial charge in [0.1, 0.15) is 0 Å². The summed E-state index contributed by atoms with van der Waals surface area (Å²) in [6, 6.07) is 29.6. The summed E-state index contributed by atoms with van der Waals surface area (Å²) < 4.78 is 0. The van der Waals surface area contributed by atoms with Gasteiger partial charge in [-0.2, -0.15) is 0 Å². The van der Waals surface area contributed by atoms with Crippen LogP contribution in [0.3, 0.4) is 0 Å². The summed E-state index contributed by atoms with van der Waals surface area (Å²) in [5, 5.41) is 2.50. The van der Waals surface area contributed by atoms with Crippen LogP contribution in [0.1, 0.15) is 44.5 Å². The van der Waals surface area contributed by atoms with Crippen molar-refractivity contribution in [2.24, 2.45) is 0 Å². The molecule has 0 spiro atoms. The van der Waals surface area contributed by atoms with E-state index in [0.717, 1.165) is 22.4 Å². The van der Waals surface area contributed by atoms with Crippen LogP contribution >= 0.6 is 0 Å². The van der Waals surface area contributed by atoms with Gasteiger partial charge in [0, 0.05) is 21.9 Å². The Bertz CT molecular complexity index is 1750. The van der Waals surface area contributed by atoms with Crippen molar-refractivity contribution < 1.29 is 20.1 Å². The molecule has 0 bridgehead atoms. The Morgan fingerprint density at radius 2 is 0.732 bits per heavy atom. The van der Waals surface area contributed by atoms with Crippen molar-refractivity contribution in [2.75, 3.05) is 0 Å². The summed E-state index contributed by atoms with van der Waals surface area (Å²) in [7, 11) is 0. The van der Waals surface area contributed by atoms with E-state index in [-0.39, 0.29) is 20.1 Å². The Balaban J connectivity index is 0.000000184. The Labute approximate surface area is 258 Å². The third kappa shape index (κ3) is 5.75. The van der Waals surface area contributed by atoms with E-state index in [1.165, 1.54) is 66.4 Å². The molecule has 0 saturated carbocycles. The maximum Gasteiger partial charge on any atom is 2.00 e. The molecule has 2 heterocycles. The van der Waals surface area contributed by atoms with Crippen molar-refractivity contribution >= 4 is 21.8 Å². The second-order valence-electron chi connectivity index (χ2n) is 11.0. The molecule has 1 radical (unpaired) electrons. The first-order valence-corrected chi connectivity index (χ1v) is 14.0. The molecule has 0 fully saturated rings. The molecule has 0 aliphatic carbocycles. The number of nitrogens with zero attached hydrogens (tertiary/aromatic N) is 2. The van der Waals surface area contributed by atoms with E-state index in [0.29, 0.717) is 0 Å². The van der Waals surface area contributed by atoms with E-state index >= 15 is 0 Å². The van der Waals surface area contributed by atoms with Crippen molar-refractivity contribution in [1.29, 1.82) is 0 Å². The van der Waals surface area contributed by atoms with Crippen LogP contribution < -0.4 is 0 Å². The molecule has 6 rings (SSSR count). The number of para-hydroxylation sites is 2. The second-order valence-corrected chi connectivity index (χ2v) is 11.0. The average molecular weight is 715 g/mol. The van der Waals surface area contributed by atoms with Gasteiger partial charge in [0.15, 0.2) is 0 Å². The fraction of sp³-hybridized carbons (Fsp3) is 0.211. The minimum Gasteiger partial charge on any atom is -0.247 e. The first kappa shape index (κ1) is 30.3. The van der Waals surface area contributed by atoms with Gasteiger partial charge in [0.05, 0.1) is 22.4 Å². The monoisotopic (exact) mass is 715 g/mol. The topological polar surface area (TPSA) is 25.8 Å². The molecular weight excluding hydrogens is 677 g/mol. The van der Waals surface area contributed by atoms with Gasteiger partial charge in [-0.15, -0.1) is 0 Å². The first-order chi connectivity index (χ1) is 19.2. The quantitative estimate of drug-likeness (QED) is 0.179. The van der Waals surface area contributed by atoms with E-state index in [1.54, 1.807) is 0 Å². The second kappa shape index (κ2) is 12.5. The molecule has 0 saturated heterocycles. The van der Waals surface area contributed by atoms with Crippen molar-refractivity contribution in [1.82, 2.24) is 9.97 Å². The molecule has 3 heteroatoms. The zero-order valence-electron chi connectivity index (χ0n) is 25.3. The average Bonchev–Trinajstić information content (AvgIpc) is 2.96. The summed E-state index contributed by atoms with van der Waals surface area (Å²) in [6.07, 6.45) is 0. The largest absolute Gasteiger partial charge is 2.00 e. The molecule has 0 atom stereocenters. The first-order valence-electron chi connectivity index (χ1n) is 14.0. The number of pyridine rings is 2. The zero-order valence-corrected chi connectivity index (χ0v) is 27.7. The third-order valence-electron chi connectivity index (χ3n) is 8.64. The van der Waals surface area contributed by atoms with Crippen LogP contribution in [0, 0.1) is 55.4 Å². The van der Waals surface area contributed by atoms with Gasteiger partial charge in [0.2, 0.25) is 0 Å². The van der Waals surface area contributed by atoms with E-state index in [9.17, 15) is 0 Å². The minimum atomic E-state index is 0. The summed E-state index contributed by atoms with van der Waals surface area (Å²) in [5.41, 5.74) is 17.3. The summed E-state index contributed by atoms with van der Waals surface area (Å²) in [4.78, 5) is 9.82. The maximum atomic E-state index is 4.91. The Morgan fingerprint density at radius 3 is 1.12 bits per heavy atom. The molecule has 0 unspecified atom stereocenters. The number of hydrogen-bond acceptors (Lipinski definition) is 2. The zero-order chi connectivity index (χ0) is 28.6. The van der Waals surface area contributed by atoms with Crippen LogP contribution in [-0.4, -0.2) is 9.97 Å². The molecule has 6 aromatic rings. The molecule has 207 valence electrons. The number of benzene rings is 4. The van der Waals surface area contributed by atoms with Gasteiger partial charge in [0.25, 0.3) is 0 Å².